The minimum Gasteiger partial charge on any atom is -0.294 e. The third-order valence-electron chi connectivity index (χ3n) is 4.01. The van der Waals surface area contributed by atoms with E-state index in [9.17, 15) is 4.79 Å². The highest BCUT2D eigenvalue weighted by atomic mass is 16.1. The molecule has 2 aromatic rings. The Morgan fingerprint density at radius 1 is 1.00 bits per heavy atom. The number of rotatable bonds is 1. The van der Waals surface area contributed by atoms with E-state index in [0.717, 1.165) is 30.4 Å². The van der Waals surface area contributed by atoms with Crippen LogP contribution in [0.3, 0.4) is 0 Å². The molecule has 1 aliphatic carbocycles. The third kappa shape index (κ3) is 3.23. The lowest BCUT2D eigenvalue weighted by Gasteiger charge is -2.09. The molecule has 0 heterocycles. The fourth-order valence-electron chi connectivity index (χ4n) is 2.86. The van der Waals surface area contributed by atoms with Gasteiger partial charge in [0.1, 0.15) is 0 Å². The van der Waals surface area contributed by atoms with Crippen LogP contribution in [0.15, 0.2) is 54.6 Å². The third-order valence-corrected chi connectivity index (χ3v) is 4.01. The molecule has 3 rings (SSSR count). The second kappa shape index (κ2) is 6.41. The maximum Gasteiger partial charge on any atom is 0.167 e. The van der Waals surface area contributed by atoms with Crippen molar-refractivity contribution < 1.29 is 4.79 Å². The lowest BCUT2D eigenvalue weighted by molar-refractivity contribution is 0.0918. The summed E-state index contributed by atoms with van der Waals surface area (Å²) in [4.78, 5) is 12.6. The van der Waals surface area contributed by atoms with E-state index in [-0.39, 0.29) is 11.7 Å². The summed E-state index contributed by atoms with van der Waals surface area (Å²) >= 11 is 0. The molecule has 1 unspecified atom stereocenters. The number of fused-ring (bicyclic) bond motifs is 1. The van der Waals surface area contributed by atoms with Crippen molar-refractivity contribution in [1.82, 2.24) is 0 Å². The summed E-state index contributed by atoms with van der Waals surface area (Å²) < 4.78 is 0. The van der Waals surface area contributed by atoms with Crippen LogP contribution in [0.25, 0.3) is 0 Å². The summed E-state index contributed by atoms with van der Waals surface area (Å²) in [5.41, 5.74) is 3.11. The van der Waals surface area contributed by atoms with E-state index in [1.807, 2.05) is 48.5 Å². The minimum atomic E-state index is 0.0462. The van der Waals surface area contributed by atoms with Gasteiger partial charge in [-0.15, -0.1) is 0 Å². The van der Waals surface area contributed by atoms with Crippen molar-refractivity contribution in [2.24, 2.45) is 5.92 Å². The maximum atomic E-state index is 12.6. The predicted octanol–water partition coefficient (Wildman–Crippen LogP) is 4.26. The highest BCUT2D eigenvalue weighted by molar-refractivity contribution is 5.99. The summed E-state index contributed by atoms with van der Waals surface area (Å²) in [5, 5.41) is 0. The van der Waals surface area contributed by atoms with Crippen LogP contribution in [0.1, 0.15) is 40.7 Å². The molecular weight excluding hydrogens is 256 g/mol. The van der Waals surface area contributed by atoms with Crippen LogP contribution >= 0.6 is 0 Å². The molecule has 1 heteroatoms. The van der Waals surface area contributed by atoms with E-state index >= 15 is 0 Å². The number of ketones is 1. The lowest BCUT2D eigenvalue weighted by Crippen LogP contribution is -2.13. The molecule has 0 radical (unpaired) electrons. The first-order valence-electron chi connectivity index (χ1n) is 7.50. The van der Waals surface area contributed by atoms with Crippen molar-refractivity contribution in [3.05, 3.63) is 71.3 Å². The molecule has 0 saturated carbocycles. The molecule has 0 fully saturated rings. The standard InChI is InChI=1S/C20H18O/c21-20-18(13-6-10-16-8-2-1-3-9-16)14-7-12-17-11-4-5-15-19(17)20/h1-5,8-9,11,15,18H,7,12-14H2. The second-order valence-electron chi connectivity index (χ2n) is 5.48. The molecule has 2 aromatic carbocycles. The van der Waals surface area contributed by atoms with E-state index in [4.69, 9.17) is 0 Å². The van der Waals surface area contributed by atoms with Crippen LogP contribution in [0.5, 0.6) is 0 Å². The van der Waals surface area contributed by atoms with Gasteiger partial charge in [-0.05, 0) is 37.0 Å². The zero-order chi connectivity index (χ0) is 14.5. The summed E-state index contributed by atoms with van der Waals surface area (Å²) in [6.45, 7) is 0. The predicted molar refractivity (Wildman–Crippen MR) is 85.1 cm³/mol. The normalized spacial score (nSPS) is 17.3. The number of aryl methyl sites for hydroxylation is 1. The Hall–Kier alpha value is -2.33. The Morgan fingerprint density at radius 2 is 1.76 bits per heavy atom. The van der Waals surface area contributed by atoms with Gasteiger partial charge >= 0.3 is 0 Å². The monoisotopic (exact) mass is 274 g/mol. The molecule has 1 nitrogen and oxygen atoms in total. The van der Waals surface area contributed by atoms with E-state index in [1.54, 1.807) is 0 Å². The lowest BCUT2D eigenvalue weighted by atomic mass is 9.92. The zero-order valence-electron chi connectivity index (χ0n) is 12.0. The Labute approximate surface area is 126 Å². The van der Waals surface area contributed by atoms with Gasteiger partial charge in [0.2, 0.25) is 0 Å². The first kappa shape index (κ1) is 13.6. The maximum absolute atomic E-state index is 12.6. The van der Waals surface area contributed by atoms with Gasteiger partial charge in [0.05, 0.1) is 0 Å². The number of carbonyl (C=O) groups excluding carboxylic acids is 1. The molecule has 0 saturated heterocycles. The van der Waals surface area contributed by atoms with Crippen LogP contribution < -0.4 is 0 Å². The van der Waals surface area contributed by atoms with Gasteiger partial charge < -0.3 is 0 Å². The van der Waals surface area contributed by atoms with Crippen molar-refractivity contribution >= 4 is 5.78 Å². The average molecular weight is 274 g/mol. The summed E-state index contributed by atoms with van der Waals surface area (Å²) in [6, 6.07) is 17.9. The van der Waals surface area contributed by atoms with Crippen molar-refractivity contribution in [2.45, 2.75) is 25.7 Å². The van der Waals surface area contributed by atoms with Gasteiger partial charge in [-0.1, -0.05) is 54.3 Å². The van der Waals surface area contributed by atoms with E-state index in [0.29, 0.717) is 6.42 Å². The van der Waals surface area contributed by atoms with E-state index in [1.165, 1.54) is 5.56 Å². The Kier molecular flexibility index (Phi) is 4.17. The van der Waals surface area contributed by atoms with Gasteiger partial charge in [-0.2, -0.15) is 0 Å². The quantitative estimate of drug-likeness (QED) is 0.561. The van der Waals surface area contributed by atoms with E-state index in [2.05, 4.69) is 17.9 Å². The Bertz CT molecular complexity index is 689. The fraction of sp³-hybridized carbons (Fsp3) is 0.250. The number of benzene rings is 2. The Morgan fingerprint density at radius 3 is 2.62 bits per heavy atom. The molecule has 1 atom stereocenters. The highest BCUT2D eigenvalue weighted by Crippen LogP contribution is 2.26. The first-order valence-corrected chi connectivity index (χ1v) is 7.50. The average Bonchev–Trinajstić information content (AvgIpc) is 2.69. The smallest absolute Gasteiger partial charge is 0.167 e. The fourth-order valence-corrected chi connectivity index (χ4v) is 2.86. The molecule has 0 aliphatic heterocycles. The van der Waals surface area contributed by atoms with Crippen LogP contribution in [0, 0.1) is 17.8 Å². The molecule has 104 valence electrons. The van der Waals surface area contributed by atoms with Gasteiger partial charge in [-0.25, -0.2) is 0 Å². The highest BCUT2D eigenvalue weighted by Gasteiger charge is 2.24. The minimum absolute atomic E-state index is 0.0462. The van der Waals surface area contributed by atoms with Crippen LogP contribution in [-0.4, -0.2) is 5.78 Å². The number of hydrogen-bond acceptors (Lipinski definition) is 1. The zero-order valence-corrected chi connectivity index (χ0v) is 12.0. The van der Waals surface area contributed by atoms with Gasteiger partial charge in [0.25, 0.3) is 0 Å². The summed E-state index contributed by atoms with van der Waals surface area (Å²) in [6.07, 6.45) is 3.67. The SMILES string of the molecule is O=C1c2ccccc2CCCC1CC#Cc1ccccc1. The molecule has 1 aliphatic rings. The Balaban J connectivity index is 1.75. The van der Waals surface area contributed by atoms with Crippen molar-refractivity contribution in [1.29, 1.82) is 0 Å². The summed E-state index contributed by atoms with van der Waals surface area (Å²) in [5.74, 6) is 6.66. The molecule has 0 spiro atoms. The van der Waals surface area contributed by atoms with Gasteiger partial charge in [-0.3, -0.25) is 4.79 Å². The molecule has 21 heavy (non-hydrogen) atoms. The molecule has 0 aromatic heterocycles. The first-order chi connectivity index (χ1) is 10.3. The topological polar surface area (TPSA) is 17.1 Å². The number of Topliss-reactive ketones (excluding diaryl/α,β-unsaturated/α-hetero) is 1. The molecule has 0 N–H and O–H groups in total. The van der Waals surface area contributed by atoms with Gasteiger partial charge in [0.15, 0.2) is 5.78 Å². The second-order valence-corrected chi connectivity index (χ2v) is 5.48. The van der Waals surface area contributed by atoms with Crippen LogP contribution in [0.2, 0.25) is 0 Å². The van der Waals surface area contributed by atoms with Crippen molar-refractivity contribution in [3.8, 4) is 11.8 Å². The van der Waals surface area contributed by atoms with Crippen LogP contribution in [0.4, 0.5) is 0 Å². The molecular formula is C20H18O. The summed E-state index contributed by atoms with van der Waals surface area (Å²) in [7, 11) is 0. The molecule has 0 amide bonds. The van der Waals surface area contributed by atoms with Gasteiger partial charge in [0, 0.05) is 23.5 Å². The number of carbonyl (C=O) groups is 1. The van der Waals surface area contributed by atoms with Crippen molar-refractivity contribution in [2.75, 3.05) is 0 Å². The van der Waals surface area contributed by atoms with Crippen molar-refractivity contribution in [3.63, 3.8) is 0 Å². The molecule has 0 bridgehead atoms. The number of hydrogen-bond donors (Lipinski definition) is 0. The largest absolute Gasteiger partial charge is 0.294 e. The van der Waals surface area contributed by atoms with E-state index < -0.39 is 0 Å². The van der Waals surface area contributed by atoms with Crippen LogP contribution in [-0.2, 0) is 6.42 Å².